The minimum absolute atomic E-state index is 0.0268. The number of hydrogen-bond donors (Lipinski definition) is 1. The van der Waals surface area contributed by atoms with Gasteiger partial charge in [0, 0.05) is 5.69 Å². The highest BCUT2D eigenvalue weighted by Gasteiger charge is 2.39. The van der Waals surface area contributed by atoms with Gasteiger partial charge in [0.25, 0.3) is 0 Å². The fraction of sp³-hybridized carbons (Fsp3) is 0.500. The average Bonchev–Trinajstić information content (AvgIpc) is 2.40. The molecular formula is C14H19NO. The minimum atomic E-state index is -0.0322. The third kappa shape index (κ3) is 1.62. The van der Waals surface area contributed by atoms with Crippen LogP contribution in [0.3, 0.4) is 0 Å². The molecule has 2 heteroatoms. The van der Waals surface area contributed by atoms with Gasteiger partial charge in [-0.05, 0) is 30.4 Å². The zero-order valence-electron chi connectivity index (χ0n) is 10.6. The van der Waals surface area contributed by atoms with E-state index in [4.69, 9.17) is 0 Å². The quantitative estimate of drug-likeness (QED) is 0.709. The van der Waals surface area contributed by atoms with Crippen molar-refractivity contribution < 1.29 is 4.79 Å². The minimum Gasteiger partial charge on any atom is -0.325 e. The molecule has 1 unspecified atom stereocenters. The van der Waals surface area contributed by atoms with Crippen LogP contribution in [0.25, 0.3) is 0 Å². The van der Waals surface area contributed by atoms with E-state index in [9.17, 15) is 4.79 Å². The Morgan fingerprint density at radius 2 is 1.81 bits per heavy atom. The van der Waals surface area contributed by atoms with E-state index < -0.39 is 0 Å². The first-order valence-electron chi connectivity index (χ1n) is 5.72. The maximum atomic E-state index is 12.0. The van der Waals surface area contributed by atoms with Crippen LogP contribution in [0.1, 0.15) is 43.4 Å². The molecule has 1 aliphatic rings. The van der Waals surface area contributed by atoms with Crippen LogP contribution >= 0.6 is 0 Å². The number of aryl methyl sites for hydroxylation is 2. The molecule has 1 atom stereocenters. The van der Waals surface area contributed by atoms with Gasteiger partial charge < -0.3 is 5.32 Å². The van der Waals surface area contributed by atoms with Gasteiger partial charge in [-0.1, -0.05) is 38.5 Å². The van der Waals surface area contributed by atoms with Gasteiger partial charge in [-0.25, -0.2) is 0 Å². The zero-order valence-corrected chi connectivity index (χ0v) is 10.6. The van der Waals surface area contributed by atoms with Gasteiger partial charge in [-0.15, -0.1) is 0 Å². The Hall–Kier alpha value is -1.31. The van der Waals surface area contributed by atoms with Gasteiger partial charge in [0.1, 0.15) is 0 Å². The predicted octanol–water partition coefficient (Wildman–Crippen LogP) is 3.39. The van der Waals surface area contributed by atoms with E-state index in [0.29, 0.717) is 0 Å². The van der Waals surface area contributed by atoms with Gasteiger partial charge in [0.15, 0.2) is 0 Å². The number of nitrogens with one attached hydrogen (secondary N) is 1. The number of anilines is 1. The highest BCUT2D eigenvalue weighted by Crippen LogP contribution is 2.45. The molecule has 1 aliphatic heterocycles. The summed E-state index contributed by atoms with van der Waals surface area (Å²) >= 11 is 0. The molecule has 0 saturated heterocycles. The molecule has 1 aromatic rings. The van der Waals surface area contributed by atoms with Crippen molar-refractivity contribution in [1.82, 2.24) is 0 Å². The van der Waals surface area contributed by atoms with Gasteiger partial charge in [0.05, 0.1) is 5.92 Å². The Bertz CT molecular complexity index is 455. The second kappa shape index (κ2) is 3.34. The Kier molecular flexibility index (Phi) is 2.33. The van der Waals surface area contributed by atoms with Crippen LogP contribution in [0.15, 0.2) is 12.1 Å². The molecule has 1 aromatic carbocycles. The van der Waals surface area contributed by atoms with Gasteiger partial charge in [-0.2, -0.15) is 0 Å². The summed E-state index contributed by atoms with van der Waals surface area (Å²) in [5, 5.41) is 3.01. The van der Waals surface area contributed by atoms with Crippen LogP contribution in [-0.4, -0.2) is 5.91 Å². The lowest BCUT2D eigenvalue weighted by molar-refractivity contribution is -0.119. The van der Waals surface area contributed by atoms with Crippen molar-refractivity contribution in [2.24, 2.45) is 5.41 Å². The lowest BCUT2D eigenvalue weighted by Crippen LogP contribution is -2.25. The molecule has 16 heavy (non-hydrogen) atoms. The molecule has 0 saturated carbocycles. The van der Waals surface area contributed by atoms with Crippen molar-refractivity contribution >= 4 is 11.6 Å². The van der Waals surface area contributed by atoms with Crippen molar-refractivity contribution in [3.8, 4) is 0 Å². The number of hydrogen-bond acceptors (Lipinski definition) is 1. The van der Waals surface area contributed by atoms with Gasteiger partial charge >= 0.3 is 0 Å². The third-order valence-electron chi connectivity index (χ3n) is 3.20. The van der Waals surface area contributed by atoms with E-state index in [1.54, 1.807) is 0 Å². The first-order chi connectivity index (χ1) is 7.30. The molecule has 1 amide bonds. The number of carbonyl (C=O) groups excluding carboxylic acids is 1. The molecule has 0 spiro atoms. The highest BCUT2D eigenvalue weighted by molar-refractivity contribution is 6.04. The van der Waals surface area contributed by atoms with Crippen LogP contribution in [0.2, 0.25) is 0 Å². The van der Waals surface area contributed by atoms with Crippen LogP contribution in [0.5, 0.6) is 0 Å². The first-order valence-corrected chi connectivity index (χ1v) is 5.72. The lowest BCUT2D eigenvalue weighted by Gasteiger charge is -2.25. The van der Waals surface area contributed by atoms with Crippen LogP contribution in [0, 0.1) is 19.3 Å². The largest absolute Gasteiger partial charge is 0.325 e. The summed E-state index contributed by atoms with van der Waals surface area (Å²) in [6.07, 6.45) is 0. The number of fused-ring (bicyclic) bond motifs is 1. The van der Waals surface area contributed by atoms with Crippen LogP contribution in [-0.2, 0) is 4.79 Å². The first kappa shape index (κ1) is 11.2. The topological polar surface area (TPSA) is 29.1 Å². The number of amides is 1. The Morgan fingerprint density at radius 1 is 1.19 bits per heavy atom. The third-order valence-corrected chi connectivity index (χ3v) is 3.20. The van der Waals surface area contributed by atoms with E-state index in [2.05, 4.69) is 52.1 Å². The van der Waals surface area contributed by atoms with Crippen LogP contribution in [0.4, 0.5) is 5.69 Å². The number of rotatable bonds is 0. The summed E-state index contributed by atoms with van der Waals surface area (Å²) in [5.41, 5.74) is 4.54. The summed E-state index contributed by atoms with van der Waals surface area (Å²) in [6.45, 7) is 10.5. The lowest BCUT2D eigenvalue weighted by atomic mass is 9.77. The molecule has 2 nitrogen and oxygen atoms in total. The van der Waals surface area contributed by atoms with Crippen LogP contribution < -0.4 is 5.32 Å². The molecule has 2 rings (SSSR count). The van der Waals surface area contributed by atoms with E-state index in [1.165, 1.54) is 5.56 Å². The van der Waals surface area contributed by atoms with E-state index in [0.717, 1.165) is 16.8 Å². The maximum Gasteiger partial charge on any atom is 0.232 e. The molecule has 0 aromatic heterocycles. The molecule has 0 fully saturated rings. The second-order valence-corrected chi connectivity index (χ2v) is 5.83. The smallest absolute Gasteiger partial charge is 0.232 e. The summed E-state index contributed by atoms with van der Waals surface area (Å²) < 4.78 is 0. The summed E-state index contributed by atoms with van der Waals surface area (Å²) in [6, 6.07) is 4.25. The summed E-state index contributed by atoms with van der Waals surface area (Å²) in [4.78, 5) is 12.0. The molecule has 0 radical (unpaired) electrons. The number of carbonyl (C=O) groups is 1. The predicted molar refractivity (Wildman–Crippen MR) is 66.7 cm³/mol. The van der Waals surface area contributed by atoms with Crippen molar-refractivity contribution in [2.45, 2.75) is 40.5 Å². The van der Waals surface area contributed by atoms with E-state index in [-0.39, 0.29) is 17.2 Å². The molecule has 1 heterocycles. The SMILES string of the molecule is Cc1cc(C)c2c(c1)C(C(C)(C)C)C(=O)N2. The Morgan fingerprint density at radius 3 is 2.38 bits per heavy atom. The normalized spacial score (nSPS) is 19.6. The van der Waals surface area contributed by atoms with Crippen molar-refractivity contribution in [3.05, 3.63) is 28.8 Å². The molecule has 0 bridgehead atoms. The maximum absolute atomic E-state index is 12.0. The standard InChI is InChI=1S/C14H19NO/c1-8-6-9(2)12-10(7-8)11(13(16)15-12)14(3,4)5/h6-7,11H,1-5H3,(H,15,16). The monoisotopic (exact) mass is 217 g/mol. The van der Waals surface area contributed by atoms with Crippen molar-refractivity contribution in [3.63, 3.8) is 0 Å². The average molecular weight is 217 g/mol. The molecule has 1 N–H and O–H groups in total. The number of benzene rings is 1. The molecular weight excluding hydrogens is 198 g/mol. The van der Waals surface area contributed by atoms with Gasteiger partial charge in [-0.3, -0.25) is 4.79 Å². The second-order valence-electron chi connectivity index (χ2n) is 5.83. The summed E-state index contributed by atoms with van der Waals surface area (Å²) in [7, 11) is 0. The fourth-order valence-electron chi connectivity index (χ4n) is 2.60. The van der Waals surface area contributed by atoms with Crippen molar-refractivity contribution in [2.75, 3.05) is 5.32 Å². The Labute approximate surface area is 97.1 Å². The Balaban J connectivity index is 2.61. The van der Waals surface area contributed by atoms with Gasteiger partial charge in [0.2, 0.25) is 5.91 Å². The molecule has 86 valence electrons. The highest BCUT2D eigenvalue weighted by atomic mass is 16.2. The van der Waals surface area contributed by atoms with E-state index in [1.807, 2.05) is 0 Å². The van der Waals surface area contributed by atoms with Crippen molar-refractivity contribution in [1.29, 1.82) is 0 Å². The molecule has 0 aliphatic carbocycles. The zero-order chi connectivity index (χ0) is 12.1. The fourth-order valence-corrected chi connectivity index (χ4v) is 2.60. The van der Waals surface area contributed by atoms with E-state index >= 15 is 0 Å². The summed E-state index contributed by atoms with van der Waals surface area (Å²) in [5.74, 6) is 0.109.